The Morgan fingerprint density at radius 1 is 1.39 bits per heavy atom. The minimum atomic E-state index is -1.07. The molecule has 0 aliphatic rings. The lowest BCUT2D eigenvalue weighted by atomic mass is 10.0. The third kappa shape index (κ3) is 1.77. The molecule has 0 atom stereocenters. The molecular formula is C13H14N2O3. The molecule has 1 heterocycles. The standard InChI is InChI=1S/C13H14N2O3/c1-4-11(16)8-6-9-10(5-7(8)2)15(3)12(14-9)13(17)18/h5-6H,4H2,1-3H3,(H,17,18). The molecule has 2 aromatic rings. The van der Waals surface area contributed by atoms with E-state index in [9.17, 15) is 9.59 Å². The quantitative estimate of drug-likeness (QED) is 0.842. The largest absolute Gasteiger partial charge is 0.475 e. The Labute approximate surface area is 104 Å². The van der Waals surface area contributed by atoms with Crippen LogP contribution in [0.4, 0.5) is 0 Å². The fourth-order valence-corrected chi connectivity index (χ4v) is 2.02. The van der Waals surface area contributed by atoms with E-state index in [1.54, 1.807) is 26.1 Å². The number of Topliss-reactive ketones (excluding diaryl/α,β-unsaturated/α-hetero) is 1. The summed E-state index contributed by atoms with van der Waals surface area (Å²) in [5.41, 5.74) is 2.71. The Balaban J connectivity index is 2.73. The van der Waals surface area contributed by atoms with Crippen molar-refractivity contribution in [3.05, 3.63) is 29.1 Å². The molecule has 94 valence electrons. The Morgan fingerprint density at radius 2 is 2.06 bits per heavy atom. The Kier molecular flexibility index (Phi) is 2.90. The van der Waals surface area contributed by atoms with Gasteiger partial charge in [0, 0.05) is 19.0 Å². The first-order chi connectivity index (χ1) is 8.45. The van der Waals surface area contributed by atoms with Gasteiger partial charge < -0.3 is 9.67 Å². The van der Waals surface area contributed by atoms with E-state index in [4.69, 9.17) is 5.11 Å². The minimum absolute atomic E-state index is 0.0227. The first-order valence-electron chi connectivity index (χ1n) is 5.69. The van der Waals surface area contributed by atoms with Crippen LogP contribution in [-0.2, 0) is 7.05 Å². The van der Waals surface area contributed by atoms with Crippen LogP contribution in [-0.4, -0.2) is 26.4 Å². The van der Waals surface area contributed by atoms with Gasteiger partial charge in [-0.2, -0.15) is 0 Å². The van der Waals surface area contributed by atoms with Gasteiger partial charge in [-0.25, -0.2) is 9.78 Å². The zero-order chi connectivity index (χ0) is 13.4. The Bertz CT molecular complexity index is 656. The maximum atomic E-state index is 11.8. The number of benzene rings is 1. The number of aryl methyl sites for hydroxylation is 2. The van der Waals surface area contributed by atoms with Crippen LogP contribution in [0.2, 0.25) is 0 Å². The second-order valence-electron chi connectivity index (χ2n) is 4.23. The van der Waals surface area contributed by atoms with E-state index in [0.717, 1.165) is 11.1 Å². The maximum absolute atomic E-state index is 11.8. The number of carboxylic acids is 1. The van der Waals surface area contributed by atoms with Crippen LogP contribution >= 0.6 is 0 Å². The molecule has 0 amide bonds. The van der Waals surface area contributed by atoms with Crippen LogP contribution in [0.5, 0.6) is 0 Å². The number of rotatable bonds is 3. The van der Waals surface area contributed by atoms with E-state index >= 15 is 0 Å². The van der Waals surface area contributed by atoms with Crippen molar-refractivity contribution in [1.29, 1.82) is 0 Å². The highest BCUT2D eigenvalue weighted by atomic mass is 16.4. The molecule has 2 rings (SSSR count). The molecule has 0 unspecified atom stereocenters. The van der Waals surface area contributed by atoms with Gasteiger partial charge in [0.15, 0.2) is 5.78 Å². The van der Waals surface area contributed by atoms with Crippen LogP contribution in [0.25, 0.3) is 11.0 Å². The van der Waals surface area contributed by atoms with Gasteiger partial charge in [-0.3, -0.25) is 4.79 Å². The number of carboxylic acid groups (broad SMARTS) is 1. The molecule has 18 heavy (non-hydrogen) atoms. The van der Waals surface area contributed by atoms with Gasteiger partial charge in [-0.15, -0.1) is 0 Å². The SMILES string of the molecule is CCC(=O)c1cc2nc(C(=O)O)n(C)c2cc1C. The third-order valence-corrected chi connectivity index (χ3v) is 3.04. The summed E-state index contributed by atoms with van der Waals surface area (Å²) in [6.45, 7) is 3.64. The number of ketones is 1. The number of hydrogen-bond donors (Lipinski definition) is 1. The predicted molar refractivity (Wildman–Crippen MR) is 67.0 cm³/mol. The lowest BCUT2D eigenvalue weighted by molar-refractivity contribution is 0.0680. The minimum Gasteiger partial charge on any atom is -0.475 e. The summed E-state index contributed by atoms with van der Waals surface area (Å²) in [6, 6.07) is 3.47. The summed E-state index contributed by atoms with van der Waals surface area (Å²) in [7, 11) is 1.65. The number of carbonyl (C=O) groups excluding carboxylic acids is 1. The summed E-state index contributed by atoms with van der Waals surface area (Å²) in [6.07, 6.45) is 0.422. The van der Waals surface area contributed by atoms with Gasteiger partial charge in [0.25, 0.3) is 0 Å². The molecule has 0 radical (unpaired) electrons. The van der Waals surface area contributed by atoms with Crippen LogP contribution in [0, 0.1) is 6.92 Å². The third-order valence-electron chi connectivity index (χ3n) is 3.04. The highest BCUT2D eigenvalue weighted by molar-refractivity contribution is 6.01. The van der Waals surface area contributed by atoms with E-state index < -0.39 is 5.97 Å². The van der Waals surface area contributed by atoms with E-state index in [-0.39, 0.29) is 11.6 Å². The van der Waals surface area contributed by atoms with E-state index in [1.807, 2.05) is 6.92 Å². The van der Waals surface area contributed by atoms with E-state index in [2.05, 4.69) is 4.98 Å². The van der Waals surface area contributed by atoms with Gasteiger partial charge >= 0.3 is 5.97 Å². The molecule has 1 aromatic heterocycles. The normalized spacial score (nSPS) is 10.8. The van der Waals surface area contributed by atoms with Crippen molar-refractivity contribution in [2.45, 2.75) is 20.3 Å². The molecule has 0 fully saturated rings. The predicted octanol–water partition coefficient (Wildman–Crippen LogP) is 2.17. The topological polar surface area (TPSA) is 72.2 Å². The molecule has 5 heteroatoms. The fraction of sp³-hybridized carbons (Fsp3) is 0.308. The first kappa shape index (κ1) is 12.3. The number of imidazole rings is 1. The monoisotopic (exact) mass is 246 g/mol. The second kappa shape index (κ2) is 4.25. The average Bonchev–Trinajstić information content (AvgIpc) is 2.65. The summed E-state index contributed by atoms with van der Waals surface area (Å²) in [4.78, 5) is 26.8. The first-order valence-corrected chi connectivity index (χ1v) is 5.69. The Hall–Kier alpha value is -2.17. The number of fused-ring (bicyclic) bond motifs is 1. The smallest absolute Gasteiger partial charge is 0.372 e. The molecule has 0 aliphatic heterocycles. The molecule has 0 saturated heterocycles. The van der Waals surface area contributed by atoms with Gasteiger partial charge in [-0.05, 0) is 24.6 Å². The lowest BCUT2D eigenvalue weighted by Gasteiger charge is -2.04. The van der Waals surface area contributed by atoms with Crippen molar-refractivity contribution in [2.75, 3.05) is 0 Å². The molecule has 0 aliphatic carbocycles. The lowest BCUT2D eigenvalue weighted by Crippen LogP contribution is -2.05. The zero-order valence-electron chi connectivity index (χ0n) is 10.5. The molecule has 5 nitrogen and oxygen atoms in total. The van der Waals surface area contributed by atoms with E-state index in [0.29, 0.717) is 17.5 Å². The summed E-state index contributed by atoms with van der Waals surface area (Å²) >= 11 is 0. The highest BCUT2D eigenvalue weighted by Gasteiger charge is 2.16. The van der Waals surface area contributed by atoms with Crippen molar-refractivity contribution in [1.82, 2.24) is 9.55 Å². The second-order valence-corrected chi connectivity index (χ2v) is 4.23. The van der Waals surface area contributed by atoms with Gasteiger partial charge in [0.05, 0.1) is 11.0 Å². The van der Waals surface area contributed by atoms with Crippen LogP contribution in [0.1, 0.15) is 39.9 Å². The molecule has 1 N–H and O–H groups in total. The summed E-state index contributed by atoms with van der Waals surface area (Å²) in [5.74, 6) is -1.06. The molecule has 1 aromatic carbocycles. The number of carbonyl (C=O) groups is 2. The van der Waals surface area contributed by atoms with Gasteiger partial charge in [0.1, 0.15) is 0 Å². The number of aromatic nitrogens is 2. The van der Waals surface area contributed by atoms with Crippen LogP contribution in [0.15, 0.2) is 12.1 Å². The molecule has 0 bridgehead atoms. The van der Waals surface area contributed by atoms with Crippen molar-refractivity contribution < 1.29 is 14.7 Å². The average molecular weight is 246 g/mol. The van der Waals surface area contributed by atoms with Crippen molar-refractivity contribution in [2.24, 2.45) is 7.05 Å². The Morgan fingerprint density at radius 3 is 2.61 bits per heavy atom. The van der Waals surface area contributed by atoms with Crippen molar-refractivity contribution in [3.8, 4) is 0 Å². The molecule has 0 spiro atoms. The van der Waals surface area contributed by atoms with Crippen LogP contribution < -0.4 is 0 Å². The van der Waals surface area contributed by atoms with Crippen LogP contribution in [0.3, 0.4) is 0 Å². The zero-order valence-corrected chi connectivity index (χ0v) is 10.5. The highest BCUT2D eigenvalue weighted by Crippen LogP contribution is 2.21. The summed E-state index contributed by atoms with van der Waals surface area (Å²) < 4.78 is 1.52. The van der Waals surface area contributed by atoms with Crippen molar-refractivity contribution >= 4 is 22.8 Å². The summed E-state index contributed by atoms with van der Waals surface area (Å²) in [5, 5.41) is 9.01. The van der Waals surface area contributed by atoms with Crippen molar-refractivity contribution in [3.63, 3.8) is 0 Å². The van der Waals surface area contributed by atoms with Gasteiger partial charge in [0.2, 0.25) is 5.82 Å². The number of aromatic carboxylic acids is 1. The fourth-order valence-electron chi connectivity index (χ4n) is 2.02. The van der Waals surface area contributed by atoms with Gasteiger partial charge in [-0.1, -0.05) is 6.92 Å². The molecular weight excluding hydrogens is 232 g/mol. The molecule has 0 saturated carbocycles. The maximum Gasteiger partial charge on any atom is 0.372 e. The number of hydrogen-bond acceptors (Lipinski definition) is 3. The number of nitrogens with zero attached hydrogens (tertiary/aromatic N) is 2. The van der Waals surface area contributed by atoms with E-state index in [1.165, 1.54) is 4.57 Å².